The highest BCUT2D eigenvalue weighted by Gasteiger charge is 1.97. The van der Waals surface area contributed by atoms with Gasteiger partial charge in [-0.1, -0.05) is 23.2 Å². The molecule has 0 bridgehead atoms. The van der Waals surface area contributed by atoms with Gasteiger partial charge in [0.05, 0.1) is 6.21 Å². The van der Waals surface area contributed by atoms with Crippen LogP contribution in [0.1, 0.15) is 5.56 Å². The van der Waals surface area contributed by atoms with Gasteiger partial charge in [-0.15, -0.1) is 0 Å². The maximum atomic E-state index is 10.3. The predicted molar refractivity (Wildman–Crippen MR) is 56.8 cm³/mol. The standard InChI is InChI=1S/C8H7Cl2N3O/c9-6-1-2-7(10)5(3-6)4-12-13-8(11)14/h1-4H,(H3,11,13,14)/b12-4+. The van der Waals surface area contributed by atoms with Crippen LogP contribution in [0.4, 0.5) is 4.79 Å². The van der Waals surface area contributed by atoms with Gasteiger partial charge in [0.25, 0.3) is 0 Å². The van der Waals surface area contributed by atoms with Crippen LogP contribution in [0.2, 0.25) is 10.0 Å². The Balaban J connectivity index is 2.80. The minimum absolute atomic E-state index is 0.490. The molecular formula is C8H7Cl2N3O. The lowest BCUT2D eigenvalue weighted by molar-refractivity contribution is 0.249. The molecule has 0 fully saturated rings. The topological polar surface area (TPSA) is 67.5 Å². The third-order valence-corrected chi connectivity index (χ3v) is 1.92. The van der Waals surface area contributed by atoms with Crippen molar-refractivity contribution in [3.63, 3.8) is 0 Å². The van der Waals surface area contributed by atoms with Gasteiger partial charge in [0, 0.05) is 15.6 Å². The molecule has 1 rings (SSSR count). The lowest BCUT2D eigenvalue weighted by atomic mass is 10.2. The number of nitrogens with zero attached hydrogens (tertiary/aromatic N) is 1. The van der Waals surface area contributed by atoms with Crippen molar-refractivity contribution < 1.29 is 4.79 Å². The minimum atomic E-state index is -0.737. The van der Waals surface area contributed by atoms with Crippen molar-refractivity contribution in [3.05, 3.63) is 33.8 Å². The van der Waals surface area contributed by atoms with Crippen LogP contribution in [-0.4, -0.2) is 12.2 Å². The second kappa shape index (κ2) is 4.83. The molecule has 0 aromatic heterocycles. The van der Waals surface area contributed by atoms with E-state index in [1.165, 1.54) is 6.21 Å². The van der Waals surface area contributed by atoms with E-state index in [-0.39, 0.29) is 0 Å². The van der Waals surface area contributed by atoms with Gasteiger partial charge in [-0.25, -0.2) is 10.2 Å². The van der Waals surface area contributed by atoms with Crippen LogP contribution in [0.25, 0.3) is 0 Å². The van der Waals surface area contributed by atoms with E-state index in [2.05, 4.69) is 5.10 Å². The highest BCUT2D eigenvalue weighted by Crippen LogP contribution is 2.18. The minimum Gasteiger partial charge on any atom is -0.350 e. The summed E-state index contributed by atoms with van der Waals surface area (Å²) in [5, 5.41) is 4.58. The monoisotopic (exact) mass is 231 g/mol. The Morgan fingerprint density at radius 3 is 2.86 bits per heavy atom. The van der Waals surface area contributed by atoms with Gasteiger partial charge < -0.3 is 5.73 Å². The summed E-state index contributed by atoms with van der Waals surface area (Å²) in [6.45, 7) is 0. The van der Waals surface area contributed by atoms with E-state index >= 15 is 0 Å². The zero-order valence-electron chi connectivity index (χ0n) is 7.00. The van der Waals surface area contributed by atoms with Crippen molar-refractivity contribution in [2.24, 2.45) is 10.8 Å². The number of urea groups is 1. The molecule has 74 valence electrons. The van der Waals surface area contributed by atoms with Crippen molar-refractivity contribution in [1.29, 1.82) is 0 Å². The molecule has 0 radical (unpaired) electrons. The highest BCUT2D eigenvalue weighted by atomic mass is 35.5. The second-order valence-corrected chi connectivity index (χ2v) is 3.24. The van der Waals surface area contributed by atoms with Gasteiger partial charge in [0.2, 0.25) is 0 Å². The van der Waals surface area contributed by atoms with Gasteiger partial charge in [-0.3, -0.25) is 0 Å². The number of hydrogen-bond acceptors (Lipinski definition) is 2. The molecule has 1 aromatic carbocycles. The summed E-state index contributed by atoms with van der Waals surface area (Å²) in [4.78, 5) is 10.3. The van der Waals surface area contributed by atoms with Crippen LogP contribution >= 0.6 is 23.2 Å². The average Bonchev–Trinajstić information content (AvgIpc) is 2.10. The molecule has 0 aliphatic heterocycles. The Kier molecular flexibility index (Phi) is 3.73. The molecule has 0 atom stereocenters. The van der Waals surface area contributed by atoms with Crippen molar-refractivity contribution in [2.75, 3.05) is 0 Å². The Morgan fingerprint density at radius 2 is 2.21 bits per heavy atom. The zero-order chi connectivity index (χ0) is 10.6. The predicted octanol–water partition coefficient (Wildman–Crippen LogP) is 2.00. The number of hydrazone groups is 1. The van der Waals surface area contributed by atoms with E-state index < -0.39 is 6.03 Å². The summed E-state index contributed by atoms with van der Waals surface area (Å²) in [6.07, 6.45) is 1.36. The number of hydrogen-bond donors (Lipinski definition) is 2. The van der Waals surface area contributed by atoms with Crippen LogP contribution in [0.5, 0.6) is 0 Å². The highest BCUT2D eigenvalue weighted by molar-refractivity contribution is 6.35. The molecule has 0 unspecified atom stereocenters. The summed E-state index contributed by atoms with van der Waals surface area (Å²) in [7, 11) is 0. The molecule has 14 heavy (non-hydrogen) atoms. The number of nitrogens with two attached hydrogens (primary N) is 1. The first-order valence-electron chi connectivity index (χ1n) is 3.63. The fraction of sp³-hybridized carbons (Fsp3) is 0. The van der Waals surface area contributed by atoms with Crippen LogP contribution in [0.15, 0.2) is 23.3 Å². The molecule has 1 aromatic rings. The van der Waals surface area contributed by atoms with E-state index in [1.54, 1.807) is 18.2 Å². The summed E-state index contributed by atoms with van der Waals surface area (Å²) in [5.41, 5.74) is 7.45. The molecule has 0 saturated carbocycles. The van der Waals surface area contributed by atoms with E-state index in [4.69, 9.17) is 28.9 Å². The first kappa shape index (κ1) is 10.8. The number of carbonyl (C=O) groups is 1. The maximum absolute atomic E-state index is 10.3. The molecule has 0 aliphatic rings. The van der Waals surface area contributed by atoms with Crippen LogP contribution in [-0.2, 0) is 0 Å². The quantitative estimate of drug-likeness (QED) is 0.594. The van der Waals surface area contributed by atoms with E-state index in [1.807, 2.05) is 5.43 Å². The SMILES string of the molecule is NC(=O)N/N=C/c1cc(Cl)ccc1Cl. The summed E-state index contributed by atoms with van der Waals surface area (Å²) >= 11 is 11.5. The van der Waals surface area contributed by atoms with Crippen molar-refractivity contribution in [3.8, 4) is 0 Å². The molecule has 2 amide bonds. The normalized spacial score (nSPS) is 10.4. The van der Waals surface area contributed by atoms with Gasteiger partial charge in [0.1, 0.15) is 0 Å². The summed E-state index contributed by atoms with van der Waals surface area (Å²) in [6, 6.07) is 4.17. The molecule has 0 aliphatic carbocycles. The smallest absolute Gasteiger partial charge is 0.332 e. The number of nitrogens with one attached hydrogen (secondary N) is 1. The van der Waals surface area contributed by atoms with E-state index in [9.17, 15) is 4.79 Å². The van der Waals surface area contributed by atoms with Gasteiger partial charge in [-0.2, -0.15) is 5.10 Å². The average molecular weight is 232 g/mol. The third kappa shape index (κ3) is 3.24. The van der Waals surface area contributed by atoms with E-state index in [0.717, 1.165) is 0 Å². The number of halogens is 2. The number of amides is 2. The summed E-state index contributed by atoms with van der Waals surface area (Å²) < 4.78 is 0. The molecule has 0 spiro atoms. The second-order valence-electron chi connectivity index (χ2n) is 2.40. The number of carbonyl (C=O) groups excluding carboxylic acids is 1. The molecular weight excluding hydrogens is 225 g/mol. The van der Waals surface area contributed by atoms with Gasteiger partial charge in [-0.05, 0) is 18.2 Å². The van der Waals surface area contributed by atoms with Crippen molar-refractivity contribution in [1.82, 2.24) is 5.43 Å². The number of primary amides is 1. The lowest BCUT2D eigenvalue weighted by Crippen LogP contribution is -2.24. The largest absolute Gasteiger partial charge is 0.350 e. The van der Waals surface area contributed by atoms with E-state index in [0.29, 0.717) is 15.6 Å². The number of rotatable bonds is 2. The van der Waals surface area contributed by atoms with Gasteiger partial charge >= 0.3 is 6.03 Å². The Morgan fingerprint density at radius 1 is 1.50 bits per heavy atom. The summed E-state index contributed by atoms with van der Waals surface area (Å²) in [5.74, 6) is 0. The Bertz CT molecular complexity index is 379. The fourth-order valence-electron chi connectivity index (χ4n) is 0.779. The Hall–Kier alpha value is -1.26. The third-order valence-electron chi connectivity index (χ3n) is 1.34. The van der Waals surface area contributed by atoms with Gasteiger partial charge in [0.15, 0.2) is 0 Å². The van der Waals surface area contributed by atoms with Crippen LogP contribution in [0, 0.1) is 0 Å². The fourth-order valence-corrected chi connectivity index (χ4v) is 1.13. The maximum Gasteiger partial charge on any atom is 0.332 e. The van der Waals surface area contributed by atoms with Crippen LogP contribution in [0.3, 0.4) is 0 Å². The van der Waals surface area contributed by atoms with Crippen LogP contribution < -0.4 is 11.2 Å². The molecule has 0 saturated heterocycles. The molecule has 4 nitrogen and oxygen atoms in total. The molecule has 0 heterocycles. The van der Waals surface area contributed by atoms with Crippen molar-refractivity contribution in [2.45, 2.75) is 0 Å². The number of benzene rings is 1. The van der Waals surface area contributed by atoms with Crippen molar-refractivity contribution >= 4 is 35.4 Å². The zero-order valence-corrected chi connectivity index (χ0v) is 8.51. The lowest BCUT2D eigenvalue weighted by Gasteiger charge is -1.97. The first-order chi connectivity index (χ1) is 6.59. The Labute approximate surface area is 90.7 Å². The molecule has 3 N–H and O–H groups in total. The first-order valence-corrected chi connectivity index (χ1v) is 4.39. The molecule has 6 heteroatoms.